The van der Waals surface area contributed by atoms with Crippen molar-refractivity contribution in [1.82, 2.24) is 19.1 Å². The van der Waals surface area contributed by atoms with E-state index in [0.717, 1.165) is 21.4 Å². The van der Waals surface area contributed by atoms with Crippen LogP contribution >= 0.6 is 35.3 Å². The molecule has 32 heavy (non-hydrogen) atoms. The minimum atomic E-state index is -0.520. The average molecular weight is 486 g/mol. The maximum atomic E-state index is 13.4. The second-order valence-corrected chi connectivity index (χ2v) is 8.37. The number of hydrogen-bond acceptors (Lipinski definition) is 5. The SMILES string of the molecule is Cc1cccc(-n2c(=O)[nH]c3cc(Cl)n(-c4ccc(-c5csc(N)n5)cc4)c3c2=O)c1.Cl. The quantitative estimate of drug-likeness (QED) is 0.391. The summed E-state index contributed by atoms with van der Waals surface area (Å²) in [6, 6.07) is 16.2. The smallest absolute Gasteiger partial charge is 0.333 e. The predicted octanol–water partition coefficient (Wildman–Crippen LogP) is 4.56. The van der Waals surface area contributed by atoms with Crippen LogP contribution in [0.15, 0.2) is 69.6 Å². The van der Waals surface area contributed by atoms with Crippen LogP contribution < -0.4 is 17.0 Å². The lowest BCUT2D eigenvalue weighted by Crippen LogP contribution is -2.34. The van der Waals surface area contributed by atoms with Gasteiger partial charge in [0.05, 0.1) is 16.9 Å². The molecule has 10 heteroatoms. The molecule has 0 spiro atoms. The number of H-pyrrole nitrogens is 1. The van der Waals surface area contributed by atoms with Crippen LogP contribution in [0.3, 0.4) is 0 Å². The van der Waals surface area contributed by atoms with Gasteiger partial charge < -0.3 is 10.7 Å². The number of benzene rings is 2. The Balaban J connectivity index is 0.00000245. The number of rotatable bonds is 3. The molecule has 3 aromatic heterocycles. The molecule has 0 saturated carbocycles. The monoisotopic (exact) mass is 485 g/mol. The largest absolute Gasteiger partial charge is 0.375 e. The van der Waals surface area contributed by atoms with Crippen LogP contribution in [0, 0.1) is 6.92 Å². The Bertz CT molecular complexity index is 1560. The van der Waals surface area contributed by atoms with Crippen LogP contribution in [-0.4, -0.2) is 19.1 Å². The van der Waals surface area contributed by atoms with Crippen LogP contribution in [0.2, 0.25) is 5.15 Å². The number of nitrogens with two attached hydrogens (primary N) is 1. The molecule has 7 nitrogen and oxygen atoms in total. The zero-order valence-corrected chi connectivity index (χ0v) is 19.1. The lowest BCUT2D eigenvalue weighted by Gasteiger charge is -2.10. The first-order valence-electron chi connectivity index (χ1n) is 9.37. The first-order chi connectivity index (χ1) is 14.9. The summed E-state index contributed by atoms with van der Waals surface area (Å²) in [6.45, 7) is 1.90. The van der Waals surface area contributed by atoms with Gasteiger partial charge in [-0.2, -0.15) is 0 Å². The van der Waals surface area contributed by atoms with E-state index in [4.69, 9.17) is 17.3 Å². The van der Waals surface area contributed by atoms with E-state index >= 15 is 0 Å². The normalized spacial score (nSPS) is 10.9. The summed E-state index contributed by atoms with van der Waals surface area (Å²) in [5, 5.41) is 2.70. The van der Waals surface area contributed by atoms with E-state index in [1.54, 1.807) is 28.8 Å². The van der Waals surface area contributed by atoms with Crippen molar-refractivity contribution in [2.75, 3.05) is 5.73 Å². The van der Waals surface area contributed by atoms with Crippen LogP contribution in [0.25, 0.3) is 33.7 Å². The standard InChI is InChI=1S/C22H16ClN5O2S.ClH/c1-12-3-2-4-15(9-12)28-20(29)19-16(26-22(28)30)10-18(23)27(19)14-7-5-13(6-8-14)17-11-31-21(24)25-17;/h2-11H,1H3,(H2,24,25)(H,26,30);1H. The highest BCUT2D eigenvalue weighted by Gasteiger charge is 2.18. The number of nitrogen functional groups attached to an aromatic ring is 1. The average Bonchev–Trinajstić information content (AvgIpc) is 3.31. The fourth-order valence-electron chi connectivity index (χ4n) is 3.61. The van der Waals surface area contributed by atoms with Gasteiger partial charge in [0.1, 0.15) is 10.7 Å². The van der Waals surface area contributed by atoms with Gasteiger partial charge in [0.2, 0.25) is 0 Å². The zero-order chi connectivity index (χ0) is 21.7. The third kappa shape index (κ3) is 3.62. The number of aromatic nitrogens is 4. The minimum Gasteiger partial charge on any atom is -0.375 e. The van der Waals surface area contributed by atoms with Crippen LogP contribution in [0.1, 0.15) is 5.56 Å². The van der Waals surface area contributed by atoms with Gasteiger partial charge in [-0.15, -0.1) is 23.7 Å². The number of halogens is 2. The molecule has 3 heterocycles. The topological polar surface area (TPSA) is 98.7 Å². The Morgan fingerprint density at radius 2 is 1.78 bits per heavy atom. The molecule has 0 fully saturated rings. The molecule has 3 N–H and O–H groups in total. The van der Waals surface area contributed by atoms with Crippen LogP contribution in [0.5, 0.6) is 0 Å². The molecular weight excluding hydrogens is 469 g/mol. The van der Waals surface area contributed by atoms with E-state index < -0.39 is 11.2 Å². The van der Waals surface area contributed by atoms with E-state index in [9.17, 15) is 9.59 Å². The zero-order valence-electron chi connectivity index (χ0n) is 16.7. The number of anilines is 1. The van der Waals surface area contributed by atoms with Gasteiger partial charge in [0.15, 0.2) is 5.13 Å². The second kappa shape index (κ2) is 8.31. The Morgan fingerprint density at radius 3 is 2.44 bits per heavy atom. The number of aromatic amines is 1. The highest BCUT2D eigenvalue weighted by Crippen LogP contribution is 2.28. The minimum absolute atomic E-state index is 0. The van der Waals surface area contributed by atoms with Crippen molar-refractivity contribution in [2.45, 2.75) is 6.92 Å². The molecule has 0 aliphatic heterocycles. The molecule has 162 valence electrons. The molecule has 0 bridgehead atoms. The highest BCUT2D eigenvalue weighted by atomic mass is 35.5. The highest BCUT2D eigenvalue weighted by molar-refractivity contribution is 7.13. The summed E-state index contributed by atoms with van der Waals surface area (Å²) >= 11 is 7.85. The molecule has 0 aliphatic rings. The fourth-order valence-corrected chi connectivity index (χ4v) is 4.47. The van der Waals surface area contributed by atoms with E-state index in [1.807, 2.05) is 42.6 Å². The van der Waals surface area contributed by atoms with Gasteiger partial charge in [0, 0.05) is 16.6 Å². The number of thiazole rings is 1. The van der Waals surface area contributed by atoms with Gasteiger partial charge in [-0.1, -0.05) is 35.9 Å². The van der Waals surface area contributed by atoms with E-state index in [0.29, 0.717) is 27.2 Å². The molecular formula is C22H17Cl2N5O2S. The molecule has 5 aromatic rings. The molecule has 2 aromatic carbocycles. The van der Waals surface area contributed by atoms with Crippen molar-refractivity contribution in [1.29, 1.82) is 0 Å². The first-order valence-corrected chi connectivity index (χ1v) is 10.6. The van der Waals surface area contributed by atoms with Crippen LogP contribution in [0.4, 0.5) is 5.13 Å². The lowest BCUT2D eigenvalue weighted by atomic mass is 10.1. The molecule has 0 atom stereocenters. The maximum absolute atomic E-state index is 13.4. The van der Waals surface area contributed by atoms with Crippen molar-refractivity contribution >= 4 is 51.5 Å². The number of hydrogen-bond donors (Lipinski definition) is 2. The summed E-state index contributed by atoms with van der Waals surface area (Å²) in [5.41, 5.74) is 9.22. The van der Waals surface area contributed by atoms with Crippen molar-refractivity contribution in [2.24, 2.45) is 0 Å². The fraction of sp³-hybridized carbons (Fsp3) is 0.0455. The number of aryl methyl sites for hydroxylation is 1. The second-order valence-electron chi connectivity index (χ2n) is 7.09. The number of nitrogens with zero attached hydrogens (tertiary/aromatic N) is 3. The van der Waals surface area contributed by atoms with Crippen LogP contribution in [-0.2, 0) is 0 Å². The molecule has 0 unspecified atom stereocenters. The molecule has 0 aliphatic carbocycles. The first kappa shape index (κ1) is 21.9. The van der Waals surface area contributed by atoms with Crippen molar-refractivity contribution in [3.05, 3.63) is 91.5 Å². The summed E-state index contributed by atoms with van der Waals surface area (Å²) in [6.07, 6.45) is 0. The summed E-state index contributed by atoms with van der Waals surface area (Å²) in [4.78, 5) is 33.1. The number of nitrogens with one attached hydrogen (secondary N) is 1. The van der Waals surface area contributed by atoms with Crippen molar-refractivity contribution in [3.8, 4) is 22.6 Å². The van der Waals surface area contributed by atoms with Crippen molar-refractivity contribution in [3.63, 3.8) is 0 Å². The maximum Gasteiger partial charge on any atom is 0.333 e. The lowest BCUT2D eigenvalue weighted by molar-refractivity contribution is 0.890. The summed E-state index contributed by atoms with van der Waals surface area (Å²) in [5.74, 6) is 0. The van der Waals surface area contributed by atoms with Gasteiger partial charge in [-0.3, -0.25) is 9.36 Å². The Morgan fingerprint density at radius 1 is 1.03 bits per heavy atom. The molecule has 5 rings (SSSR count). The summed E-state index contributed by atoms with van der Waals surface area (Å²) < 4.78 is 2.75. The third-order valence-corrected chi connectivity index (χ3v) is 5.96. The number of fused-ring (bicyclic) bond motifs is 1. The third-order valence-electron chi connectivity index (χ3n) is 5.01. The molecule has 0 radical (unpaired) electrons. The van der Waals surface area contributed by atoms with E-state index in [1.165, 1.54) is 11.3 Å². The Kier molecular flexibility index (Phi) is 5.68. The van der Waals surface area contributed by atoms with E-state index in [2.05, 4.69) is 9.97 Å². The van der Waals surface area contributed by atoms with Crippen molar-refractivity contribution < 1.29 is 0 Å². The Labute approximate surface area is 197 Å². The van der Waals surface area contributed by atoms with E-state index in [-0.39, 0.29) is 17.9 Å². The van der Waals surface area contributed by atoms with Gasteiger partial charge in [0.25, 0.3) is 5.56 Å². The van der Waals surface area contributed by atoms with Gasteiger partial charge in [-0.05, 0) is 42.8 Å². The molecule has 0 saturated heterocycles. The summed E-state index contributed by atoms with van der Waals surface area (Å²) in [7, 11) is 0. The molecule has 0 amide bonds. The van der Waals surface area contributed by atoms with Gasteiger partial charge in [-0.25, -0.2) is 14.3 Å². The van der Waals surface area contributed by atoms with Gasteiger partial charge >= 0.3 is 5.69 Å². The predicted molar refractivity (Wildman–Crippen MR) is 132 cm³/mol. The Hall–Kier alpha value is -3.33.